The van der Waals surface area contributed by atoms with Crippen molar-refractivity contribution in [2.45, 2.75) is 38.3 Å². The number of amides is 4. The summed E-state index contributed by atoms with van der Waals surface area (Å²) in [5, 5.41) is 11.5. The van der Waals surface area contributed by atoms with E-state index in [9.17, 15) is 14.4 Å². The normalized spacial score (nSPS) is 17.0. The minimum absolute atomic E-state index is 0.0285. The molecule has 3 aromatic rings. The van der Waals surface area contributed by atoms with E-state index in [0.717, 1.165) is 29.5 Å². The summed E-state index contributed by atoms with van der Waals surface area (Å²) >= 11 is 0. The second kappa shape index (κ2) is 12.5. The molecule has 0 saturated heterocycles. The Morgan fingerprint density at radius 3 is 2.33 bits per heavy atom. The molecule has 4 N–H and O–H groups in total. The second-order valence-corrected chi connectivity index (χ2v) is 8.91. The molecule has 0 radical (unpaired) electrons. The third kappa shape index (κ3) is 7.15. The summed E-state index contributed by atoms with van der Waals surface area (Å²) in [5.74, 6) is -0.556. The number of nitrogens with one attached hydrogen (secondary N) is 4. The zero-order chi connectivity index (χ0) is 25.2. The fourth-order valence-corrected chi connectivity index (χ4v) is 4.39. The fraction of sp³-hybridized carbons (Fsp3) is 0.286. The standard InChI is InChI=1S/C28H31N5O3/c34-26(33-25-11-5-4-10-24(25)21-8-2-1-3-9-21)19-30-27(35)22-12-14-23(15-13-22)32-28(36)31-18-20-7-6-16-29-17-20/h1-11,16-17,22-23H,12-15,18-19H2,(H,30,35)(H,33,34)(H2,31,32,36). The number of para-hydroxylation sites is 1. The van der Waals surface area contributed by atoms with Gasteiger partial charge < -0.3 is 21.3 Å². The van der Waals surface area contributed by atoms with Gasteiger partial charge in [0.25, 0.3) is 0 Å². The van der Waals surface area contributed by atoms with Crippen molar-refractivity contribution in [3.05, 3.63) is 84.7 Å². The van der Waals surface area contributed by atoms with Crippen LogP contribution in [-0.4, -0.2) is 35.4 Å². The summed E-state index contributed by atoms with van der Waals surface area (Å²) in [6.07, 6.45) is 6.17. The van der Waals surface area contributed by atoms with Crippen molar-refractivity contribution in [1.82, 2.24) is 20.9 Å². The summed E-state index contributed by atoms with van der Waals surface area (Å²) in [5.41, 5.74) is 3.57. The van der Waals surface area contributed by atoms with Gasteiger partial charge in [-0.3, -0.25) is 14.6 Å². The van der Waals surface area contributed by atoms with E-state index < -0.39 is 0 Å². The quantitative estimate of drug-likeness (QED) is 0.388. The Morgan fingerprint density at radius 2 is 1.58 bits per heavy atom. The topological polar surface area (TPSA) is 112 Å². The van der Waals surface area contributed by atoms with Crippen molar-refractivity contribution in [2.24, 2.45) is 5.92 Å². The number of carbonyl (C=O) groups is 3. The van der Waals surface area contributed by atoms with E-state index in [1.807, 2.05) is 66.7 Å². The molecule has 8 nitrogen and oxygen atoms in total. The molecule has 4 rings (SSSR count). The lowest BCUT2D eigenvalue weighted by Crippen LogP contribution is -2.45. The van der Waals surface area contributed by atoms with E-state index in [4.69, 9.17) is 0 Å². The maximum atomic E-state index is 12.6. The number of nitrogens with zero attached hydrogens (tertiary/aromatic N) is 1. The Kier molecular flexibility index (Phi) is 8.64. The van der Waals surface area contributed by atoms with Crippen LogP contribution >= 0.6 is 0 Å². The molecular weight excluding hydrogens is 454 g/mol. The summed E-state index contributed by atoms with van der Waals surface area (Å²) < 4.78 is 0. The molecule has 2 aromatic carbocycles. The molecule has 1 fully saturated rings. The van der Waals surface area contributed by atoms with Crippen molar-refractivity contribution in [1.29, 1.82) is 0 Å². The minimum atomic E-state index is -0.271. The molecule has 36 heavy (non-hydrogen) atoms. The molecule has 0 aliphatic heterocycles. The first kappa shape index (κ1) is 24.9. The fourth-order valence-electron chi connectivity index (χ4n) is 4.39. The summed E-state index contributed by atoms with van der Waals surface area (Å²) in [4.78, 5) is 41.4. The Hall–Kier alpha value is -4.20. The van der Waals surface area contributed by atoms with E-state index in [-0.39, 0.29) is 36.3 Å². The van der Waals surface area contributed by atoms with Gasteiger partial charge >= 0.3 is 6.03 Å². The van der Waals surface area contributed by atoms with Gasteiger partial charge in [-0.15, -0.1) is 0 Å². The molecule has 1 aliphatic rings. The average Bonchev–Trinajstić information content (AvgIpc) is 2.92. The third-order valence-corrected chi connectivity index (χ3v) is 6.32. The monoisotopic (exact) mass is 485 g/mol. The summed E-state index contributed by atoms with van der Waals surface area (Å²) in [7, 11) is 0. The van der Waals surface area contributed by atoms with E-state index in [1.165, 1.54) is 0 Å². The Morgan fingerprint density at radius 1 is 0.833 bits per heavy atom. The van der Waals surface area contributed by atoms with E-state index in [1.54, 1.807) is 12.4 Å². The first-order valence-electron chi connectivity index (χ1n) is 12.2. The summed E-state index contributed by atoms with van der Waals surface area (Å²) in [6.45, 7) is 0.326. The lowest BCUT2D eigenvalue weighted by atomic mass is 9.85. The van der Waals surface area contributed by atoms with Gasteiger partial charge in [0.05, 0.1) is 6.54 Å². The summed E-state index contributed by atoms with van der Waals surface area (Å²) in [6, 6.07) is 21.0. The molecule has 1 aromatic heterocycles. The molecule has 4 amide bonds. The van der Waals surface area contributed by atoms with Gasteiger partial charge in [-0.2, -0.15) is 0 Å². The number of pyridine rings is 1. The van der Waals surface area contributed by atoms with Crippen molar-refractivity contribution >= 4 is 23.5 Å². The highest BCUT2D eigenvalue weighted by Gasteiger charge is 2.27. The average molecular weight is 486 g/mol. The van der Waals surface area contributed by atoms with E-state index in [0.29, 0.717) is 25.1 Å². The molecule has 0 spiro atoms. The number of benzene rings is 2. The van der Waals surface area contributed by atoms with Crippen LogP contribution in [0.3, 0.4) is 0 Å². The Balaban J connectivity index is 1.18. The van der Waals surface area contributed by atoms with Crippen LogP contribution < -0.4 is 21.3 Å². The first-order valence-corrected chi connectivity index (χ1v) is 12.2. The highest BCUT2D eigenvalue weighted by Crippen LogP contribution is 2.27. The smallest absolute Gasteiger partial charge is 0.315 e. The lowest BCUT2D eigenvalue weighted by Gasteiger charge is -2.28. The van der Waals surface area contributed by atoms with Crippen LogP contribution in [0.2, 0.25) is 0 Å². The van der Waals surface area contributed by atoms with Gasteiger partial charge in [-0.25, -0.2) is 4.79 Å². The van der Waals surface area contributed by atoms with Crippen LogP contribution in [-0.2, 0) is 16.1 Å². The van der Waals surface area contributed by atoms with Gasteiger partial charge in [0.1, 0.15) is 0 Å². The van der Waals surface area contributed by atoms with Crippen LogP contribution in [0.1, 0.15) is 31.2 Å². The molecule has 8 heteroatoms. The minimum Gasteiger partial charge on any atom is -0.347 e. The maximum absolute atomic E-state index is 12.6. The van der Waals surface area contributed by atoms with Gasteiger partial charge in [0, 0.05) is 42.1 Å². The number of hydrogen-bond acceptors (Lipinski definition) is 4. The molecule has 0 atom stereocenters. The maximum Gasteiger partial charge on any atom is 0.315 e. The predicted octanol–water partition coefficient (Wildman–Crippen LogP) is 3.86. The van der Waals surface area contributed by atoms with E-state index >= 15 is 0 Å². The highest BCUT2D eigenvalue weighted by molar-refractivity contribution is 5.98. The van der Waals surface area contributed by atoms with Crippen LogP contribution in [0.4, 0.5) is 10.5 Å². The zero-order valence-electron chi connectivity index (χ0n) is 20.1. The molecule has 0 bridgehead atoms. The van der Waals surface area contributed by atoms with Gasteiger partial charge in [-0.1, -0.05) is 54.6 Å². The second-order valence-electron chi connectivity index (χ2n) is 8.91. The van der Waals surface area contributed by atoms with Gasteiger partial charge in [-0.05, 0) is 48.9 Å². The number of carbonyl (C=O) groups excluding carboxylic acids is 3. The van der Waals surface area contributed by atoms with Crippen LogP contribution in [0.5, 0.6) is 0 Å². The largest absolute Gasteiger partial charge is 0.347 e. The van der Waals surface area contributed by atoms with Crippen LogP contribution in [0, 0.1) is 5.92 Å². The number of hydrogen-bond donors (Lipinski definition) is 4. The molecule has 1 heterocycles. The number of rotatable bonds is 8. The van der Waals surface area contributed by atoms with Crippen LogP contribution in [0.15, 0.2) is 79.1 Å². The van der Waals surface area contributed by atoms with Crippen LogP contribution in [0.25, 0.3) is 11.1 Å². The number of anilines is 1. The van der Waals surface area contributed by atoms with Gasteiger partial charge in [0.15, 0.2) is 0 Å². The van der Waals surface area contributed by atoms with Crippen molar-refractivity contribution in [3.8, 4) is 11.1 Å². The Labute approximate surface area is 210 Å². The predicted molar refractivity (Wildman–Crippen MR) is 139 cm³/mol. The molecule has 1 saturated carbocycles. The van der Waals surface area contributed by atoms with E-state index in [2.05, 4.69) is 26.3 Å². The SMILES string of the molecule is O=C(CNC(=O)C1CCC(NC(=O)NCc2cccnc2)CC1)Nc1ccccc1-c1ccccc1. The van der Waals surface area contributed by atoms with Crippen molar-refractivity contribution in [3.63, 3.8) is 0 Å². The third-order valence-electron chi connectivity index (χ3n) is 6.32. The number of aromatic nitrogens is 1. The zero-order valence-corrected chi connectivity index (χ0v) is 20.1. The lowest BCUT2D eigenvalue weighted by molar-refractivity contribution is -0.128. The molecular formula is C28H31N5O3. The Bertz CT molecular complexity index is 1160. The number of urea groups is 1. The van der Waals surface area contributed by atoms with Crippen molar-refractivity contribution in [2.75, 3.05) is 11.9 Å². The molecule has 186 valence electrons. The first-order chi connectivity index (χ1) is 17.6. The van der Waals surface area contributed by atoms with Crippen molar-refractivity contribution < 1.29 is 14.4 Å². The molecule has 0 unspecified atom stereocenters. The highest BCUT2D eigenvalue weighted by atomic mass is 16.2. The van der Waals surface area contributed by atoms with Gasteiger partial charge in [0.2, 0.25) is 11.8 Å². The molecule has 1 aliphatic carbocycles.